The van der Waals surface area contributed by atoms with Gasteiger partial charge in [0.15, 0.2) is 0 Å². The highest BCUT2D eigenvalue weighted by atomic mass is 16.6. The van der Waals surface area contributed by atoms with E-state index in [4.69, 9.17) is 4.74 Å². The number of carboxylic acid groups (broad SMARTS) is 1. The van der Waals surface area contributed by atoms with Gasteiger partial charge in [0.05, 0.1) is 0 Å². The summed E-state index contributed by atoms with van der Waals surface area (Å²) in [5.41, 5.74) is -2.67. The Kier molecular flexibility index (Phi) is 3.59. The molecule has 0 aromatic heterocycles. The van der Waals surface area contributed by atoms with Gasteiger partial charge >= 0.3 is 12.1 Å². The van der Waals surface area contributed by atoms with Crippen molar-refractivity contribution in [2.75, 3.05) is 0 Å². The van der Waals surface area contributed by atoms with Crippen LogP contribution in [0.2, 0.25) is 0 Å². The third kappa shape index (κ3) is 2.54. The molecule has 0 unspecified atom stereocenters. The highest BCUT2D eigenvalue weighted by Gasteiger charge is 2.70. The van der Waals surface area contributed by atoms with Gasteiger partial charge < -0.3 is 9.84 Å². The van der Waals surface area contributed by atoms with Crippen LogP contribution in [0.15, 0.2) is 0 Å². The predicted octanol–water partition coefficient (Wildman–Crippen LogP) is 1.41. The summed E-state index contributed by atoms with van der Waals surface area (Å²) >= 11 is 0. The summed E-state index contributed by atoms with van der Waals surface area (Å²) in [7, 11) is 0. The van der Waals surface area contributed by atoms with Crippen LogP contribution in [0, 0.1) is 22.0 Å². The van der Waals surface area contributed by atoms with Gasteiger partial charge in [-0.15, -0.1) is 0 Å². The number of nitrogens with one attached hydrogen (secondary N) is 1. The third-order valence-corrected chi connectivity index (χ3v) is 4.32. The Morgan fingerprint density at radius 1 is 1.38 bits per heavy atom. The number of carbonyl (C=O) groups excluding carboxylic acids is 1. The van der Waals surface area contributed by atoms with E-state index in [1.165, 1.54) is 0 Å². The highest BCUT2D eigenvalue weighted by molar-refractivity contribution is 5.86. The van der Waals surface area contributed by atoms with Gasteiger partial charge in [-0.1, -0.05) is 0 Å². The number of hydrogen-bond donors (Lipinski definition) is 2. The Labute approximate surface area is 122 Å². The van der Waals surface area contributed by atoms with Crippen molar-refractivity contribution in [1.82, 2.24) is 5.32 Å². The molecule has 0 heterocycles. The first kappa shape index (κ1) is 15.5. The van der Waals surface area contributed by atoms with E-state index in [1.807, 2.05) is 0 Å². The van der Waals surface area contributed by atoms with Gasteiger partial charge in [-0.05, 0) is 40.0 Å². The molecule has 118 valence electrons. The molecule has 1 amide bonds. The Morgan fingerprint density at radius 2 is 2.00 bits per heavy atom. The van der Waals surface area contributed by atoms with Gasteiger partial charge in [0, 0.05) is 16.8 Å². The number of alkyl carbamates (subject to hydrolysis) is 1. The van der Waals surface area contributed by atoms with E-state index >= 15 is 0 Å². The van der Waals surface area contributed by atoms with Crippen molar-refractivity contribution in [1.29, 1.82) is 0 Å². The normalized spacial score (nSPS) is 34.5. The number of fused-ring (bicyclic) bond motifs is 2. The molecule has 8 heteroatoms. The third-order valence-electron chi connectivity index (χ3n) is 4.32. The first-order valence-corrected chi connectivity index (χ1v) is 6.96. The average molecular weight is 300 g/mol. The molecule has 2 aliphatic carbocycles. The fourth-order valence-electron chi connectivity index (χ4n) is 3.67. The molecule has 0 aromatic carbocycles. The molecule has 0 aromatic rings. The van der Waals surface area contributed by atoms with Crippen molar-refractivity contribution in [2.45, 2.75) is 57.2 Å². The molecule has 0 spiro atoms. The quantitative estimate of drug-likeness (QED) is 0.601. The molecule has 2 N–H and O–H groups in total. The van der Waals surface area contributed by atoms with Crippen LogP contribution in [-0.2, 0) is 9.53 Å². The summed E-state index contributed by atoms with van der Waals surface area (Å²) in [6, 6.07) is -1.30. The van der Waals surface area contributed by atoms with Crippen molar-refractivity contribution in [3.05, 3.63) is 10.1 Å². The van der Waals surface area contributed by atoms with Gasteiger partial charge in [0.2, 0.25) is 11.6 Å². The van der Waals surface area contributed by atoms with E-state index in [0.29, 0.717) is 19.3 Å². The molecular formula is C13H20N2O6. The summed E-state index contributed by atoms with van der Waals surface area (Å²) in [5.74, 6) is -2.10. The number of rotatable bonds is 3. The van der Waals surface area contributed by atoms with Gasteiger partial charge in [-0.25, -0.2) is 9.59 Å². The van der Waals surface area contributed by atoms with Crippen molar-refractivity contribution in [3.8, 4) is 0 Å². The standard InChI is InChI=1S/C13H20N2O6/c1-12(2,3)21-11(18)14-13(10(16)17)8-5-4-7(6-8)9(13)15(19)20/h7-9H,4-6H2,1-3H3,(H,14,18)(H,16,17)/t7-,8+,9-,13+/m1/s1. The Morgan fingerprint density at radius 3 is 2.48 bits per heavy atom. The van der Waals surface area contributed by atoms with E-state index in [9.17, 15) is 24.8 Å². The van der Waals surface area contributed by atoms with Crippen molar-refractivity contribution in [3.63, 3.8) is 0 Å². The maximum atomic E-state index is 11.9. The van der Waals surface area contributed by atoms with Gasteiger partial charge in [-0.2, -0.15) is 0 Å². The first-order chi connectivity index (χ1) is 9.58. The number of carboxylic acids is 1. The zero-order valence-corrected chi connectivity index (χ0v) is 12.3. The molecule has 2 saturated carbocycles. The molecule has 8 nitrogen and oxygen atoms in total. The lowest BCUT2D eigenvalue weighted by molar-refractivity contribution is -0.539. The Balaban J connectivity index is 2.30. The fraction of sp³-hybridized carbons (Fsp3) is 0.846. The van der Waals surface area contributed by atoms with E-state index in [-0.39, 0.29) is 5.92 Å². The first-order valence-electron chi connectivity index (χ1n) is 6.96. The van der Waals surface area contributed by atoms with E-state index in [0.717, 1.165) is 0 Å². The van der Waals surface area contributed by atoms with Crippen molar-refractivity contribution < 1.29 is 24.4 Å². The summed E-state index contributed by atoms with van der Waals surface area (Å²) in [6.45, 7) is 4.93. The van der Waals surface area contributed by atoms with Crippen molar-refractivity contribution >= 4 is 12.1 Å². The molecule has 2 aliphatic rings. The second-order valence-corrected chi connectivity index (χ2v) is 6.80. The molecule has 2 bridgehead atoms. The smallest absolute Gasteiger partial charge is 0.408 e. The maximum absolute atomic E-state index is 11.9. The van der Waals surface area contributed by atoms with Crippen LogP contribution in [0.3, 0.4) is 0 Å². The maximum Gasteiger partial charge on any atom is 0.408 e. The van der Waals surface area contributed by atoms with Crippen molar-refractivity contribution in [2.24, 2.45) is 11.8 Å². The van der Waals surface area contributed by atoms with E-state index in [2.05, 4.69) is 5.32 Å². The van der Waals surface area contributed by atoms with Crippen LogP contribution in [0.5, 0.6) is 0 Å². The van der Waals surface area contributed by atoms with Crippen LogP contribution in [0.4, 0.5) is 4.79 Å². The highest BCUT2D eigenvalue weighted by Crippen LogP contribution is 2.52. The van der Waals surface area contributed by atoms with Crippen LogP contribution >= 0.6 is 0 Å². The number of aliphatic carboxylic acids is 1. The summed E-state index contributed by atoms with van der Waals surface area (Å²) in [4.78, 5) is 34.5. The minimum absolute atomic E-state index is 0.309. The van der Waals surface area contributed by atoms with Gasteiger partial charge in [-0.3, -0.25) is 15.4 Å². The van der Waals surface area contributed by atoms with Crippen LogP contribution in [0.1, 0.15) is 40.0 Å². The number of carbonyl (C=O) groups is 2. The number of amides is 1. The molecule has 2 fully saturated rings. The fourth-order valence-corrected chi connectivity index (χ4v) is 3.67. The summed E-state index contributed by atoms with van der Waals surface area (Å²) < 4.78 is 5.07. The predicted molar refractivity (Wildman–Crippen MR) is 71.3 cm³/mol. The second kappa shape index (κ2) is 4.85. The SMILES string of the molecule is CC(C)(C)OC(=O)N[C@@]1(C(=O)O)[C@H]2CC[C@H](C2)[C@H]1[N+](=O)[O-]. The number of ether oxygens (including phenoxy) is 1. The monoisotopic (exact) mass is 300 g/mol. The number of hydrogen-bond acceptors (Lipinski definition) is 5. The molecule has 2 rings (SSSR count). The molecule has 0 aliphatic heterocycles. The van der Waals surface area contributed by atoms with Gasteiger partial charge in [0.1, 0.15) is 5.60 Å². The summed E-state index contributed by atoms with van der Waals surface area (Å²) in [5, 5.41) is 23.2. The minimum atomic E-state index is -1.87. The molecule has 21 heavy (non-hydrogen) atoms. The molecule has 0 radical (unpaired) electrons. The second-order valence-electron chi connectivity index (χ2n) is 6.80. The van der Waals surface area contributed by atoms with E-state index in [1.54, 1.807) is 20.8 Å². The topological polar surface area (TPSA) is 119 Å². The molecule has 0 saturated heterocycles. The number of nitrogens with zero attached hydrogens (tertiary/aromatic N) is 1. The zero-order valence-electron chi connectivity index (χ0n) is 12.3. The Bertz CT molecular complexity index is 486. The summed E-state index contributed by atoms with van der Waals surface area (Å²) in [6.07, 6.45) is 0.718. The van der Waals surface area contributed by atoms with Crippen LogP contribution in [-0.4, -0.2) is 39.3 Å². The zero-order chi connectivity index (χ0) is 16.0. The molecular weight excluding hydrogens is 280 g/mol. The average Bonchev–Trinajstić information content (AvgIpc) is 2.84. The Hall–Kier alpha value is -1.86. The largest absolute Gasteiger partial charge is 0.479 e. The lowest BCUT2D eigenvalue weighted by atomic mass is 9.77. The number of nitro groups is 1. The minimum Gasteiger partial charge on any atom is -0.479 e. The molecule has 4 atom stereocenters. The van der Waals surface area contributed by atoms with Crippen LogP contribution < -0.4 is 5.32 Å². The lowest BCUT2D eigenvalue weighted by Crippen LogP contribution is -2.67. The van der Waals surface area contributed by atoms with E-state index < -0.39 is 40.1 Å². The lowest BCUT2D eigenvalue weighted by Gasteiger charge is -2.36. The van der Waals surface area contributed by atoms with Crippen LogP contribution in [0.25, 0.3) is 0 Å². The van der Waals surface area contributed by atoms with Gasteiger partial charge in [0.25, 0.3) is 0 Å².